The quantitative estimate of drug-likeness (QED) is 0.0994. The Morgan fingerprint density at radius 3 is 2.41 bits per heavy atom. The van der Waals surface area contributed by atoms with E-state index in [1.807, 2.05) is 45.0 Å². The molecule has 2 aromatic rings. The summed E-state index contributed by atoms with van der Waals surface area (Å²) in [6.07, 6.45) is 0.905. The first kappa shape index (κ1) is 39.2. The minimum absolute atomic E-state index is 0.00610. The van der Waals surface area contributed by atoms with E-state index in [2.05, 4.69) is 20.7 Å². The van der Waals surface area contributed by atoms with Crippen molar-refractivity contribution in [3.05, 3.63) is 86.8 Å². The number of esters is 2. The molecule has 2 amide bonds. The highest BCUT2D eigenvalue weighted by Crippen LogP contribution is 2.45. The van der Waals surface area contributed by atoms with Crippen molar-refractivity contribution in [1.82, 2.24) is 10.6 Å². The van der Waals surface area contributed by atoms with Gasteiger partial charge in [-0.05, 0) is 66.6 Å². The van der Waals surface area contributed by atoms with Gasteiger partial charge >= 0.3 is 11.9 Å². The van der Waals surface area contributed by atoms with Gasteiger partial charge in [-0.15, -0.1) is 0 Å². The number of methoxy groups -OCH3 is 1. The first-order valence-electron chi connectivity index (χ1n) is 17.0. The zero-order valence-corrected chi connectivity index (χ0v) is 30.5. The molecule has 2 aromatic carbocycles. The van der Waals surface area contributed by atoms with E-state index in [1.165, 1.54) is 13.2 Å². The smallest absolute Gasteiger partial charge is 0.347 e. The van der Waals surface area contributed by atoms with E-state index < -0.39 is 47.4 Å². The van der Waals surface area contributed by atoms with Gasteiger partial charge in [0.25, 0.3) is 0 Å². The molecule has 0 bridgehead atoms. The van der Waals surface area contributed by atoms with Crippen LogP contribution in [0.3, 0.4) is 0 Å². The van der Waals surface area contributed by atoms with Crippen molar-refractivity contribution in [2.45, 2.75) is 90.9 Å². The molecule has 1 fully saturated rings. The summed E-state index contributed by atoms with van der Waals surface area (Å²) >= 11 is 6.33. The van der Waals surface area contributed by atoms with E-state index in [1.54, 1.807) is 38.1 Å². The molecule has 0 radical (unpaired) electrons. The molecule has 2 aliphatic rings. The number of hydrogen-bond donors (Lipinski definition) is 2. The Morgan fingerprint density at radius 1 is 1.06 bits per heavy atom. The van der Waals surface area contributed by atoms with Gasteiger partial charge in [0, 0.05) is 30.2 Å². The predicted octanol–water partition coefficient (Wildman–Crippen LogP) is 5.93. The lowest BCUT2D eigenvalue weighted by atomic mass is 9.92. The number of benzene rings is 2. The number of carbonyl (C=O) groups is 4. The largest absolute Gasteiger partial charge is 0.495 e. The summed E-state index contributed by atoms with van der Waals surface area (Å²) in [5.74, 6) is -2.28. The Labute approximate surface area is 303 Å². The maximum Gasteiger partial charge on any atom is 0.347 e. The molecule has 6 atom stereocenters. The standard InChI is InChI=1S/C37H46ClN5O8/c1-21(2)16-30-35(46)49-28(22(3)32-33(51-32)25-13-10-23(11-14-25)19-41-43-39)8-7-9-31(44)42-27(18-24-12-15-29(48-6)26(38)17-24)34(45)40-20-37(4,5)36(47)50-30/h7,9-15,17,21-22,27-28,30,32-33H,8,16,18-20H2,1-6H3,(H,40,45)(H,42,44)/b9-7+/t22-,27+,28-,30-,32-,33-/m0/s1. The molecule has 0 aromatic heterocycles. The van der Waals surface area contributed by atoms with Crippen LogP contribution in [0.15, 0.2) is 59.7 Å². The van der Waals surface area contributed by atoms with Crippen LogP contribution < -0.4 is 15.4 Å². The highest BCUT2D eigenvalue weighted by atomic mass is 35.5. The summed E-state index contributed by atoms with van der Waals surface area (Å²) in [5.41, 5.74) is 9.84. The second-order valence-corrected chi connectivity index (χ2v) is 14.4. The normalized spacial score (nSPS) is 25.4. The summed E-state index contributed by atoms with van der Waals surface area (Å²) in [7, 11) is 1.50. The number of rotatable bonds is 10. The van der Waals surface area contributed by atoms with E-state index in [0.29, 0.717) is 16.3 Å². The number of carbonyl (C=O) groups excluding carboxylic acids is 4. The molecule has 0 saturated carbocycles. The van der Waals surface area contributed by atoms with Crippen LogP contribution in [0.1, 0.15) is 70.3 Å². The van der Waals surface area contributed by atoms with E-state index in [9.17, 15) is 19.2 Å². The minimum atomic E-state index is -1.22. The molecule has 0 unspecified atom stereocenters. The predicted molar refractivity (Wildman–Crippen MR) is 189 cm³/mol. The number of halogens is 1. The number of ether oxygens (including phenoxy) is 4. The fourth-order valence-electron chi connectivity index (χ4n) is 5.75. The fourth-order valence-corrected chi connectivity index (χ4v) is 6.03. The third-order valence-corrected chi connectivity index (χ3v) is 9.20. The summed E-state index contributed by atoms with van der Waals surface area (Å²) in [4.78, 5) is 56.6. The van der Waals surface area contributed by atoms with Crippen molar-refractivity contribution in [1.29, 1.82) is 0 Å². The molecule has 274 valence electrons. The van der Waals surface area contributed by atoms with Crippen LogP contribution in [0.2, 0.25) is 5.02 Å². The van der Waals surface area contributed by atoms with Crippen molar-refractivity contribution < 1.29 is 38.1 Å². The number of cyclic esters (lactones) is 2. The van der Waals surface area contributed by atoms with Gasteiger partial charge in [0.05, 0.1) is 30.2 Å². The lowest BCUT2D eigenvalue weighted by Crippen LogP contribution is -2.51. The molecule has 0 aliphatic carbocycles. The zero-order chi connectivity index (χ0) is 37.3. The minimum Gasteiger partial charge on any atom is -0.495 e. The number of hydrogen-bond acceptors (Lipinski definition) is 9. The summed E-state index contributed by atoms with van der Waals surface area (Å²) in [6, 6.07) is 11.6. The van der Waals surface area contributed by atoms with Crippen LogP contribution in [-0.4, -0.2) is 61.8 Å². The topological polar surface area (TPSA) is 181 Å². The summed E-state index contributed by atoms with van der Waals surface area (Å²) < 4.78 is 23.1. The molecule has 2 heterocycles. The number of nitrogens with zero attached hydrogens (tertiary/aromatic N) is 3. The summed E-state index contributed by atoms with van der Waals surface area (Å²) in [5, 5.41) is 9.47. The molecule has 2 N–H and O–H groups in total. The molecule has 4 rings (SSSR count). The van der Waals surface area contributed by atoms with Gasteiger partial charge in [-0.1, -0.05) is 73.9 Å². The van der Waals surface area contributed by atoms with Crippen LogP contribution in [-0.2, 0) is 46.4 Å². The number of nitrogens with one attached hydrogen (secondary N) is 2. The first-order chi connectivity index (χ1) is 24.2. The second kappa shape index (κ2) is 17.6. The van der Waals surface area contributed by atoms with E-state index >= 15 is 0 Å². The van der Waals surface area contributed by atoms with E-state index in [4.69, 9.17) is 36.1 Å². The summed E-state index contributed by atoms with van der Waals surface area (Å²) in [6.45, 7) is 9.04. The van der Waals surface area contributed by atoms with Crippen molar-refractivity contribution in [3.8, 4) is 5.75 Å². The average Bonchev–Trinajstić information content (AvgIpc) is 3.89. The Bertz CT molecular complexity index is 1660. The number of epoxide rings is 1. The van der Waals surface area contributed by atoms with Crippen molar-refractivity contribution in [3.63, 3.8) is 0 Å². The highest BCUT2D eigenvalue weighted by Gasteiger charge is 2.48. The molecule has 2 aliphatic heterocycles. The third kappa shape index (κ3) is 11.0. The molecule has 1 saturated heterocycles. The highest BCUT2D eigenvalue weighted by molar-refractivity contribution is 6.32. The van der Waals surface area contributed by atoms with Crippen LogP contribution >= 0.6 is 11.6 Å². The van der Waals surface area contributed by atoms with E-state index in [0.717, 1.165) is 11.1 Å². The van der Waals surface area contributed by atoms with Gasteiger partial charge in [-0.25, -0.2) is 4.79 Å². The second-order valence-electron chi connectivity index (χ2n) is 14.0. The van der Waals surface area contributed by atoms with Gasteiger partial charge in [0.1, 0.15) is 24.0 Å². The van der Waals surface area contributed by atoms with Crippen molar-refractivity contribution >= 4 is 35.4 Å². The van der Waals surface area contributed by atoms with Crippen molar-refractivity contribution in [2.24, 2.45) is 22.4 Å². The van der Waals surface area contributed by atoms with Crippen LogP contribution in [0.25, 0.3) is 10.4 Å². The average molecular weight is 724 g/mol. The van der Waals surface area contributed by atoms with E-state index in [-0.39, 0.29) is 56.4 Å². The Balaban J connectivity index is 1.59. The molecular formula is C37H46ClN5O8. The Morgan fingerprint density at radius 2 is 1.76 bits per heavy atom. The molecule has 14 heteroatoms. The van der Waals surface area contributed by atoms with Gasteiger partial charge in [-0.3, -0.25) is 14.4 Å². The molecule has 0 spiro atoms. The maximum absolute atomic E-state index is 13.7. The molecule has 13 nitrogen and oxygen atoms in total. The maximum atomic E-state index is 13.7. The monoisotopic (exact) mass is 723 g/mol. The molecular weight excluding hydrogens is 678 g/mol. The fraction of sp³-hybridized carbons (Fsp3) is 0.514. The van der Waals surface area contributed by atoms with Crippen molar-refractivity contribution in [2.75, 3.05) is 13.7 Å². The molecule has 51 heavy (non-hydrogen) atoms. The lowest BCUT2D eigenvalue weighted by molar-refractivity contribution is -0.179. The SMILES string of the molecule is COc1ccc(C[C@H]2NC(=O)/C=C/C[C@@H]([C@H](C)[C@@H]3O[C@H]3c3ccc(CN=[N+]=[N-])cc3)OC(=O)[C@H](CC(C)C)OC(=O)C(C)(C)CNC2=O)cc1Cl. The Hall–Kier alpha value is -4.58. The zero-order valence-electron chi connectivity index (χ0n) is 29.8. The van der Waals surface area contributed by atoms with Gasteiger partial charge in [0.15, 0.2) is 6.10 Å². The Kier molecular flexibility index (Phi) is 13.5. The third-order valence-electron chi connectivity index (χ3n) is 8.90. The first-order valence-corrected chi connectivity index (χ1v) is 17.3. The van der Waals surface area contributed by atoms with Crippen LogP contribution in [0, 0.1) is 17.3 Å². The van der Waals surface area contributed by atoms with Gasteiger partial charge < -0.3 is 29.6 Å². The number of amides is 2. The van der Waals surface area contributed by atoms with Gasteiger partial charge in [-0.2, -0.15) is 0 Å². The van der Waals surface area contributed by atoms with Crippen LogP contribution in [0.4, 0.5) is 0 Å². The number of azide groups is 1. The van der Waals surface area contributed by atoms with Crippen LogP contribution in [0.5, 0.6) is 5.75 Å². The lowest BCUT2D eigenvalue weighted by Gasteiger charge is -2.29. The van der Waals surface area contributed by atoms with Gasteiger partial charge in [0.2, 0.25) is 11.8 Å².